The number of rotatable bonds is 2. The highest BCUT2D eigenvalue weighted by molar-refractivity contribution is 6.07. The van der Waals surface area contributed by atoms with E-state index in [1.54, 1.807) is 5.01 Å². The highest BCUT2D eigenvalue weighted by Gasteiger charge is 2.35. The van der Waals surface area contributed by atoms with Gasteiger partial charge in [-0.25, -0.2) is 5.01 Å². The third-order valence-electron chi connectivity index (χ3n) is 3.87. The Morgan fingerprint density at radius 3 is 2.38 bits per heavy atom. The molecule has 90 valence electrons. The Balaban J connectivity index is 2.08. The molecule has 0 bridgehead atoms. The first-order valence-electron chi connectivity index (χ1n) is 6.64. The molecule has 1 saturated carbocycles. The number of hydrogen-bond donors (Lipinski definition) is 0. The maximum Gasteiger partial charge on any atom is 0.251 e. The average Bonchev–Trinajstić information content (AvgIpc) is 2.52. The molecule has 0 radical (unpaired) electrons. The van der Waals surface area contributed by atoms with Crippen molar-refractivity contribution in [2.75, 3.05) is 0 Å². The fraction of sp³-hybridized carbons (Fsp3) is 0.846. The van der Waals surface area contributed by atoms with Crippen LogP contribution in [-0.2, 0) is 4.79 Å². The van der Waals surface area contributed by atoms with E-state index in [0.717, 1.165) is 25.0 Å². The van der Waals surface area contributed by atoms with Crippen molar-refractivity contribution >= 4 is 11.6 Å². The average molecular weight is 222 g/mol. The molecule has 1 aliphatic heterocycles. The van der Waals surface area contributed by atoms with Crippen LogP contribution in [0, 0.1) is 5.92 Å². The van der Waals surface area contributed by atoms with Gasteiger partial charge in [-0.3, -0.25) is 4.79 Å². The van der Waals surface area contributed by atoms with Gasteiger partial charge in [-0.2, -0.15) is 5.10 Å². The lowest BCUT2D eigenvalue weighted by Crippen LogP contribution is -2.35. The lowest BCUT2D eigenvalue weighted by atomic mass is 10.0. The molecule has 3 heteroatoms. The van der Waals surface area contributed by atoms with E-state index < -0.39 is 0 Å². The van der Waals surface area contributed by atoms with Crippen LogP contribution in [0.5, 0.6) is 0 Å². The molecule has 0 aromatic rings. The van der Waals surface area contributed by atoms with Gasteiger partial charge in [-0.15, -0.1) is 0 Å². The molecule has 1 amide bonds. The zero-order valence-corrected chi connectivity index (χ0v) is 10.4. The molecule has 16 heavy (non-hydrogen) atoms. The summed E-state index contributed by atoms with van der Waals surface area (Å²) in [6.45, 7) is 4.07. The standard InChI is InChI=1S/C13H22N2O/c1-3-12-10(2)13(16)15(14-12)11-8-6-4-5-7-9-11/h10-11H,3-9H2,1-2H3. The predicted molar refractivity (Wildman–Crippen MR) is 65.2 cm³/mol. The molecular formula is C13H22N2O. The largest absolute Gasteiger partial charge is 0.272 e. The zero-order valence-electron chi connectivity index (χ0n) is 10.4. The second-order valence-electron chi connectivity index (χ2n) is 4.99. The Morgan fingerprint density at radius 1 is 1.25 bits per heavy atom. The third-order valence-corrected chi connectivity index (χ3v) is 3.87. The Labute approximate surface area is 97.9 Å². The summed E-state index contributed by atoms with van der Waals surface area (Å²) in [6, 6.07) is 0.376. The van der Waals surface area contributed by atoms with Crippen LogP contribution < -0.4 is 0 Å². The predicted octanol–water partition coefficient (Wildman–Crippen LogP) is 2.95. The first kappa shape index (κ1) is 11.6. The highest BCUT2D eigenvalue weighted by Crippen LogP contribution is 2.27. The van der Waals surface area contributed by atoms with Crippen LogP contribution in [0.4, 0.5) is 0 Å². The fourth-order valence-corrected chi connectivity index (χ4v) is 2.76. The Hall–Kier alpha value is -0.860. The molecule has 0 spiro atoms. The Morgan fingerprint density at radius 2 is 1.88 bits per heavy atom. The van der Waals surface area contributed by atoms with Gasteiger partial charge in [0.2, 0.25) is 0 Å². The quantitative estimate of drug-likeness (QED) is 0.661. The summed E-state index contributed by atoms with van der Waals surface area (Å²) in [5.41, 5.74) is 1.06. The van der Waals surface area contributed by atoms with Gasteiger partial charge in [0.25, 0.3) is 5.91 Å². The van der Waals surface area contributed by atoms with Gasteiger partial charge in [-0.05, 0) is 26.2 Å². The molecule has 3 nitrogen and oxygen atoms in total. The summed E-state index contributed by atoms with van der Waals surface area (Å²) in [5, 5.41) is 6.33. The van der Waals surface area contributed by atoms with Gasteiger partial charge in [-0.1, -0.05) is 32.6 Å². The smallest absolute Gasteiger partial charge is 0.251 e. The van der Waals surface area contributed by atoms with Gasteiger partial charge in [0, 0.05) is 0 Å². The SMILES string of the molecule is CCC1=NN(C2CCCCCC2)C(=O)C1C. The molecule has 0 saturated heterocycles. The van der Waals surface area contributed by atoms with E-state index in [0.29, 0.717) is 6.04 Å². The lowest BCUT2D eigenvalue weighted by molar-refractivity contribution is -0.133. The topological polar surface area (TPSA) is 32.7 Å². The van der Waals surface area contributed by atoms with E-state index in [1.165, 1.54) is 25.7 Å². The first-order chi connectivity index (χ1) is 7.74. The summed E-state index contributed by atoms with van der Waals surface area (Å²) in [7, 11) is 0. The molecule has 0 aromatic carbocycles. The molecule has 1 atom stereocenters. The third kappa shape index (κ3) is 2.13. The van der Waals surface area contributed by atoms with Gasteiger partial charge >= 0.3 is 0 Å². The number of carbonyl (C=O) groups is 1. The zero-order chi connectivity index (χ0) is 11.5. The van der Waals surface area contributed by atoms with E-state index in [1.807, 2.05) is 6.92 Å². The minimum Gasteiger partial charge on any atom is -0.272 e. The molecular weight excluding hydrogens is 200 g/mol. The maximum absolute atomic E-state index is 12.1. The molecule has 0 N–H and O–H groups in total. The van der Waals surface area contributed by atoms with E-state index in [4.69, 9.17) is 0 Å². The number of nitrogens with zero attached hydrogens (tertiary/aromatic N) is 2. The minimum absolute atomic E-state index is 0.0215. The van der Waals surface area contributed by atoms with Crippen molar-refractivity contribution in [3.8, 4) is 0 Å². The first-order valence-corrected chi connectivity index (χ1v) is 6.64. The van der Waals surface area contributed by atoms with Crippen molar-refractivity contribution in [1.29, 1.82) is 0 Å². The number of carbonyl (C=O) groups excluding carboxylic acids is 1. The van der Waals surface area contributed by atoms with Crippen LogP contribution in [0.25, 0.3) is 0 Å². The molecule has 2 aliphatic rings. The Bertz CT molecular complexity index is 290. The van der Waals surface area contributed by atoms with Gasteiger partial charge in [0.15, 0.2) is 0 Å². The number of hydrogen-bond acceptors (Lipinski definition) is 2. The normalized spacial score (nSPS) is 28.1. The van der Waals surface area contributed by atoms with Crippen molar-refractivity contribution < 1.29 is 4.79 Å². The van der Waals surface area contributed by atoms with E-state index in [2.05, 4.69) is 12.0 Å². The van der Waals surface area contributed by atoms with Crippen molar-refractivity contribution in [2.24, 2.45) is 11.0 Å². The molecule has 1 unspecified atom stereocenters. The van der Waals surface area contributed by atoms with Crippen LogP contribution in [0.3, 0.4) is 0 Å². The molecule has 2 rings (SSSR count). The van der Waals surface area contributed by atoms with E-state index in [9.17, 15) is 4.79 Å². The summed E-state index contributed by atoms with van der Waals surface area (Å²) in [4.78, 5) is 12.1. The molecule has 0 aromatic heterocycles. The molecule has 1 aliphatic carbocycles. The summed E-state index contributed by atoms with van der Waals surface area (Å²) in [6.07, 6.45) is 8.31. The maximum atomic E-state index is 12.1. The highest BCUT2D eigenvalue weighted by atomic mass is 16.2. The second-order valence-corrected chi connectivity index (χ2v) is 4.99. The van der Waals surface area contributed by atoms with Crippen LogP contribution in [0.1, 0.15) is 58.8 Å². The van der Waals surface area contributed by atoms with Crippen molar-refractivity contribution in [1.82, 2.24) is 5.01 Å². The van der Waals surface area contributed by atoms with E-state index >= 15 is 0 Å². The van der Waals surface area contributed by atoms with Gasteiger partial charge in [0.05, 0.1) is 17.7 Å². The molecule has 1 heterocycles. The van der Waals surface area contributed by atoms with Crippen LogP contribution in [0.2, 0.25) is 0 Å². The van der Waals surface area contributed by atoms with Crippen LogP contribution >= 0.6 is 0 Å². The summed E-state index contributed by atoms with van der Waals surface area (Å²) >= 11 is 0. The summed E-state index contributed by atoms with van der Waals surface area (Å²) < 4.78 is 0. The monoisotopic (exact) mass is 222 g/mol. The fourth-order valence-electron chi connectivity index (χ4n) is 2.76. The van der Waals surface area contributed by atoms with E-state index in [-0.39, 0.29) is 11.8 Å². The van der Waals surface area contributed by atoms with Gasteiger partial charge < -0.3 is 0 Å². The Kier molecular flexibility index (Phi) is 3.62. The summed E-state index contributed by atoms with van der Waals surface area (Å²) in [5.74, 6) is 0.247. The minimum atomic E-state index is 0.0215. The van der Waals surface area contributed by atoms with Crippen LogP contribution in [0.15, 0.2) is 5.10 Å². The molecule has 1 fully saturated rings. The van der Waals surface area contributed by atoms with Crippen LogP contribution in [-0.4, -0.2) is 22.7 Å². The van der Waals surface area contributed by atoms with Crippen molar-refractivity contribution in [2.45, 2.75) is 64.8 Å². The lowest BCUT2D eigenvalue weighted by Gasteiger charge is -2.23. The van der Waals surface area contributed by atoms with Gasteiger partial charge in [0.1, 0.15) is 0 Å². The van der Waals surface area contributed by atoms with Crippen molar-refractivity contribution in [3.63, 3.8) is 0 Å². The number of amides is 1. The number of hydrazone groups is 1. The van der Waals surface area contributed by atoms with Crippen molar-refractivity contribution in [3.05, 3.63) is 0 Å². The second kappa shape index (κ2) is 4.98.